The molecule has 1 aliphatic heterocycles. The van der Waals surface area contributed by atoms with Gasteiger partial charge >= 0.3 is 0 Å². The van der Waals surface area contributed by atoms with Crippen molar-refractivity contribution in [1.82, 2.24) is 10.2 Å². The van der Waals surface area contributed by atoms with Crippen LogP contribution in [-0.2, 0) is 6.54 Å². The lowest BCUT2D eigenvalue weighted by Crippen LogP contribution is -2.24. The number of hydrogen-bond donors (Lipinski definition) is 1. The third-order valence-corrected chi connectivity index (χ3v) is 4.41. The standard InChI is InChI=1S/C17H26N2/c1-2-7-17(15-8-9-15)16(6-1)14-18-10-5-13-19-11-3-4-12-19/h1-2,6-7,15,18H,3-5,8-14H2. The molecule has 1 N–H and O–H groups in total. The number of likely N-dealkylation sites (tertiary alicyclic amines) is 1. The van der Waals surface area contributed by atoms with Crippen molar-refractivity contribution in [2.75, 3.05) is 26.2 Å². The zero-order valence-corrected chi connectivity index (χ0v) is 11.9. The van der Waals surface area contributed by atoms with Crippen molar-refractivity contribution < 1.29 is 0 Å². The Kier molecular flexibility index (Phi) is 4.52. The van der Waals surface area contributed by atoms with Crippen LogP contribution in [0, 0.1) is 0 Å². The van der Waals surface area contributed by atoms with Crippen LogP contribution in [0.15, 0.2) is 24.3 Å². The lowest BCUT2D eigenvalue weighted by molar-refractivity contribution is 0.331. The minimum absolute atomic E-state index is 0.864. The summed E-state index contributed by atoms with van der Waals surface area (Å²) in [7, 11) is 0. The number of hydrogen-bond acceptors (Lipinski definition) is 2. The van der Waals surface area contributed by atoms with Gasteiger partial charge in [0, 0.05) is 6.54 Å². The quantitative estimate of drug-likeness (QED) is 0.756. The Morgan fingerprint density at radius 2 is 1.89 bits per heavy atom. The van der Waals surface area contributed by atoms with Crippen molar-refractivity contribution in [2.45, 2.75) is 44.6 Å². The molecule has 0 amide bonds. The summed E-state index contributed by atoms with van der Waals surface area (Å²) in [6, 6.07) is 8.97. The van der Waals surface area contributed by atoms with E-state index >= 15 is 0 Å². The van der Waals surface area contributed by atoms with E-state index in [0.717, 1.165) is 19.0 Å². The second-order valence-electron chi connectivity index (χ2n) is 6.05. The molecule has 19 heavy (non-hydrogen) atoms. The van der Waals surface area contributed by atoms with Crippen LogP contribution in [0.2, 0.25) is 0 Å². The molecule has 1 aromatic carbocycles. The molecule has 2 nitrogen and oxygen atoms in total. The lowest BCUT2D eigenvalue weighted by Gasteiger charge is -2.15. The molecule has 0 atom stereocenters. The van der Waals surface area contributed by atoms with E-state index in [2.05, 4.69) is 34.5 Å². The van der Waals surface area contributed by atoms with Gasteiger partial charge in [0.25, 0.3) is 0 Å². The lowest BCUT2D eigenvalue weighted by atomic mass is 10.0. The van der Waals surface area contributed by atoms with Crippen LogP contribution in [0.4, 0.5) is 0 Å². The Morgan fingerprint density at radius 1 is 1.11 bits per heavy atom. The van der Waals surface area contributed by atoms with Gasteiger partial charge < -0.3 is 10.2 Å². The first-order valence-electron chi connectivity index (χ1n) is 7.94. The molecule has 1 aromatic rings. The molecule has 1 saturated carbocycles. The van der Waals surface area contributed by atoms with Crippen molar-refractivity contribution in [2.24, 2.45) is 0 Å². The fourth-order valence-corrected chi connectivity index (χ4v) is 3.14. The number of nitrogens with one attached hydrogen (secondary N) is 1. The highest BCUT2D eigenvalue weighted by Crippen LogP contribution is 2.41. The fraction of sp³-hybridized carbons (Fsp3) is 0.647. The van der Waals surface area contributed by atoms with E-state index in [0.29, 0.717) is 0 Å². The summed E-state index contributed by atoms with van der Waals surface area (Å²) in [5.74, 6) is 0.864. The summed E-state index contributed by atoms with van der Waals surface area (Å²) in [5, 5.41) is 3.62. The third kappa shape index (κ3) is 3.80. The Bertz CT molecular complexity index is 392. The summed E-state index contributed by atoms with van der Waals surface area (Å²) >= 11 is 0. The van der Waals surface area contributed by atoms with E-state index in [1.54, 1.807) is 5.56 Å². The first kappa shape index (κ1) is 13.1. The molecule has 2 fully saturated rings. The van der Waals surface area contributed by atoms with Crippen LogP contribution in [0.25, 0.3) is 0 Å². The Balaban J connectivity index is 1.37. The third-order valence-electron chi connectivity index (χ3n) is 4.41. The van der Waals surface area contributed by atoms with E-state index in [1.807, 2.05) is 0 Å². The Labute approximate surface area is 117 Å². The summed E-state index contributed by atoms with van der Waals surface area (Å²) in [6.07, 6.45) is 6.88. The molecule has 1 heterocycles. The van der Waals surface area contributed by atoms with E-state index in [1.165, 1.54) is 57.3 Å². The monoisotopic (exact) mass is 258 g/mol. The van der Waals surface area contributed by atoms with Crippen LogP contribution in [0.1, 0.15) is 49.1 Å². The molecule has 0 spiro atoms. The van der Waals surface area contributed by atoms with Crippen molar-refractivity contribution in [1.29, 1.82) is 0 Å². The molecule has 0 bridgehead atoms. The van der Waals surface area contributed by atoms with Gasteiger partial charge in [0.1, 0.15) is 0 Å². The number of rotatable bonds is 7. The first-order chi connectivity index (χ1) is 9.43. The fourth-order valence-electron chi connectivity index (χ4n) is 3.14. The van der Waals surface area contributed by atoms with E-state index in [4.69, 9.17) is 0 Å². The minimum Gasteiger partial charge on any atom is -0.313 e. The van der Waals surface area contributed by atoms with Gasteiger partial charge in [-0.1, -0.05) is 24.3 Å². The van der Waals surface area contributed by atoms with Gasteiger partial charge in [-0.15, -0.1) is 0 Å². The van der Waals surface area contributed by atoms with Crippen LogP contribution >= 0.6 is 0 Å². The zero-order chi connectivity index (χ0) is 12.9. The van der Waals surface area contributed by atoms with Gasteiger partial charge in [0.05, 0.1) is 0 Å². The highest BCUT2D eigenvalue weighted by atomic mass is 15.1. The van der Waals surface area contributed by atoms with Crippen molar-refractivity contribution in [3.63, 3.8) is 0 Å². The topological polar surface area (TPSA) is 15.3 Å². The maximum absolute atomic E-state index is 3.62. The van der Waals surface area contributed by atoms with Crippen LogP contribution in [0.5, 0.6) is 0 Å². The zero-order valence-electron chi connectivity index (χ0n) is 11.9. The summed E-state index contributed by atoms with van der Waals surface area (Å²) in [4.78, 5) is 2.60. The first-order valence-corrected chi connectivity index (χ1v) is 7.94. The molecular formula is C17H26N2. The van der Waals surface area contributed by atoms with E-state index < -0.39 is 0 Å². The van der Waals surface area contributed by atoms with Crippen molar-refractivity contribution in [3.05, 3.63) is 35.4 Å². The summed E-state index contributed by atoms with van der Waals surface area (Å²) in [6.45, 7) is 6.12. The minimum atomic E-state index is 0.864. The van der Waals surface area contributed by atoms with Gasteiger partial charge in [-0.3, -0.25) is 0 Å². The average Bonchev–Trinajstić information content (AvgIpc) is 3.16. The molecule has 104 valence electrons. The van der Waals surface area contributed by atoms with Gasteiger partial charge in [-0.05, 0) is 75.3 Å². The largest absolute Gasteiger partial charge is 0.313 e. The molecule has 3 rings (SSSR count). The predicted molar refractivity (Wildman–Crippen MR) is 80.4 cm³/mol. The van der Waals surface area contributed by atoms with Crippen molar-refractivity contribution in [3.8, 4) is 0 Å². The van der Waals surface area contributed by atoms with Gasteiger partial charge in [0.15, 0.2) is 0 Å². The van der Waals surface area contributed by atoms with Crippen LogP contribution < -0.4 is 5.32 Å². The molecule has 0 unspecified atom stereocenters. The number of nitrogens with zero attached hydrogens (tertiary/aromatic N) is 1. The Morgan fingerprint density at radius 3 is 2.68 bits per heavy atom. The average molecular weight is 258 g/mol. The van der Waals surface area contributed by atoms with Gasteiger partial charge in [0.2, 0.25) is 0 Å². The highest BCUT2D eigenvalue weighted by Gasteiger charge is 2.25. The van der Waals surface area contributed by atoms with Gasteiger partial charge in [-0.25, -0.2) is 0 Å². The second-order valence-corrected chi connectivity index (χ2v) is 6.05. The predicted octanol–water partition coefficient (Wildman–Crippen LogP) is 3.14. The maximum atomic E-state index is 3.62. The SMILES string of the molecule is c1ccc(C2CC2)c(CNCCCN2CCCC2)c1. The molecule has 2 heteroatoms. The van der Waals surface area contributed by atoms with Crippen molar-refractivity contribution >= 4 is 0 Å². The molecule has 1 aliphatic carbocycles. The van der Waals surface area contributed by atoms with Crippen LogP contribution in [0.3, 0.4) is 0 Å². The maximum Gasteiger partial charge on any atom is 0.0208 e. The van der Waals surface area contributed by atoms with Gasteiger partial charge in [-0.2, -0.15) is 0 Å². The van der Waals surface area contributed by atoms with E-state index in [9.17, 15) is 0 Å². The number of benzene rings is 1. The molecular weight excluding hydrogens is 232 g/mol. The summed E-state index contributed by atoms with van der Waals surface area (Å²) < 4.78 is 0. The Hall–Kier alpha value is -0.860. The van der Waals surface area contributed by atoms with E-state index in [-0.39, 0.29) is 0 Å². The second kappa shape index (κ2) is 6.53. The normalized spacial score (nSPS) is 20.0. The molecule has 2 aliphatic rings. The molecule has 0 aromatic heterocycles. The molecule has 1 saturated heterocycles. The summed E-state index contributed by atoms with van der Waals surface area (Å²) in [5.41, 5.74) is 3.11. The smallest absolute Gasteiger partial charge is 0.0208 e. The highest BCUT2D eigenvalue weighted by molar-refractivity contribution is 5.33. The molecule has 0 radical (unpaired) electrons. The van der Waals surface area contributed by atoms with Crippen LogP contribution in [-0.4, -0.2) is 31.1 Å².